The molecule has 152 valence electrons. The molecule has 0 aliphatic carbocycles. The SMILES string of the molecule is CC(C)N(Cc1ccc(Cl)c(Cl)c1)C(=O)CN(C)S(=O)(=O)c1ccc(F)cc1. The summed E-state index contributed by atoms with van der Waals surface area (Å²) in [7, 11) is -2.60. The smallest absolute Gasteiger partial charge is 0.243 e. The summed E-state index contributed by atoms with van der Waals surface area (Å²) < 4.78 is 39.2. The van der Waals surface area contributed by atoms with Crippen molar-refractivity contribution in [3.8, 4) is 0 Å². The average Bonchev–Trinajstić information content (AvgIpc) is 2.62. The van der Waals surface area contributed by atoms with E-state index in [-0.39, 0.29) is 29.9 Å². The van der Waals surface area contributed by atoms with Crippen molar-refractivity contribution in [2.24, 2.45) is 0 Å². The number of amides is 1. The van der Waals surface area contributed by atoms with Gasteiger partial charge in [0.05, 0.1) is 21.5 Å². The van der Waals surface area contributed by atoms with Crippen LogP contribution in [-0.2, 0) is 21.4 Å². The van der Waals surface area contributed by atoms with Crippen LogP contribution in [0.4, 0.5) is 4.39 Å². The van der Waals surface area contributed by atoms with E-state index in [1.807, 2.05) is 13.8 Å². The fraction of sp³-hybridized carbons (Fsp3) is 0.316. The second-order valence-corrected chi connectivity index (χ2v) is 9.44. The highest BCUT2D eigenvalue weighted by molar-refractivity contribution is 7.89. The van der Waals surface area contributed by atoms with Crippen molar-refractivity contribution in [3.63, 3.8) is 0 Å². The number of halogens is 3. The molecule has 0 N–H and O–H groups in total. The van der Waals surface area contributed by atoms with Gasteiger partial charge in [0, 0.05) is 19.6 Å². The monoisotopic (exact) mass is 446 g/mol. The van der Waals surface area contributed by atoms with Gasteiger partial charge in [0.2, 0.25) is 15.9 Å². The summed E-state index contributed by atoms with van der Waals surface area (Å²) in [4.78, 5) is 14.3. The van der Waals surface area contributed by atoms with Gasteiger partial charge in [0.25, 0.3) is 0 Å². The van der Waals surface area contributed by atoms with E-state index < -0.39 is 15.8 Å². The third-order valence-corrected chi connectivity index (χ3v) is 6.72. The maximum absolute atomic E-state index is 13.1. The number of hydrogen-bond acceptors (Lipinski definition) is 3. The molecule has 0 bridgehead atoms. The van der Waals surface area contributed by atoms with Crippen LogP contribution in [0.3, 0.4) is 0 Å². The predicted molar refractivity (Wildman–Crippen MR) is 108 cm³/mol. The molecule has 5 nitrogen and oxygen atoms in total. The van der Waals surface area contributed by atoms with Gasteiger partial charge < -0.3 is 4.90 Å². The first kappa shape index (κ1) is 22.6. The molecule has 0 saturated heterocycles. The average molecular weight is 447 g/mol. The van der Waals surface area contributed by atoms with E-state index in [1.165, 1.54) is 19.2 Å². The van der Waals surface area contributed by atoms with Gasteiger partial charge in [-0.25, -0.2) is 12.8 Å². The molecule has 9 heteroatoms. The Bertz CT molecular complexity index is 950. The second-order valence-electron chi connectivity index (χ2n) is 6.58. The predicted octanol–water partition coefficient (Wildman–Crippen LogP) is 4.19. The van der Waals surface area contributed by atoms with Crippen LogP contribution in [0.2, 0.25) is 10.0 Å². The van der Waals surface area contributed by atoms with Crippen molar-refractivity contribution in [1.29, 1.82) is 0 Å². The van der Waals surface area contributed by atoms with Crippen LogP contribution >= 0.6 is 23.2 Å². The summed E-state index contributed by atoms with van der Waals surface area (Å²) in [5.41, 5.74) is 0.778. The van der Waals surface area contributed by atoms with Gasteiger partial charge in [-0.3, -0.25) is 4.79 Å². The number of likely N-dealkylation sites (N-methyl/N-ethyl adjacent to an activating group) is 1. The standard InChI is InChI=1S/C19H21Cl2FN2O3S/c1-13(2)24(11-14-4-9-17(20)18(21)10-14)19(25)12-23(3)28(26,27)16-7-5-15(22)6-8-16/h4-10,13H,11-12H2,1-3H3. The molecule has 0 aliphatic rings. The maximum atomic E-state index is 13.1. The molecule has 0 saturated carbocycles. The number of sulfonamides is 1. The quantitative estimate of drug-likeness (QED) is 0.640. The lowest BCUT2D eigenvalue weighted by Gasteiger charge is -2.29. The third kappa shape index (κ3) is 5.44. The van der Waals surface area contributed by atoms with Crippen LogP contribution in [0.5, 0.6) is 0 Å². The molecule has 28 heavy (non-hydrogen) atoms. The zero-order chi connectivity index (χ0) is 21.1. The van der Waals surface area contributed by atoms with Crippen LogP contribution in [0, 0.1) is 5.82 Å². The molecule has 0 aromatic heterocycles. The van der Waals surface area contributed by atoms with E-state index in [2.05, 4.69) is 0 Å². The lowest BCUT2D eigenvalue weighted by molar-refractivity contribution is -0.133. The second kappa shape index (κ2) is 9.22. The first-order valence-corrected chi connectivity index (χ1v) is 10.7. The summed E-state index contributed by atoms with van der Waals surface area (Å²) in [6.45, 7) is 3.59. The minimum Gasteiger partial charge on any atom is -0.335 e. The number of hydrogen-bond donors (Lipinski definition) is 0. The third-order valence-electron chi connectivity index (χ3n) is 4.16. The molecule has 0 heterocycles. The highest BCUT2D eigenvalue weighted by Gasteiger charge is 2.26. The Hall–Kier alpha value is -1.67. The van der Waals surface area contributed by atoms with Crippen molar-refractivity contribution in [3.05, 3.63) is 63.9 Å². The van der Waals surface area contributed by atoms with Gasteiger partial charge >= 0.3 is 0 Å². The Morgan fingerprint density at radius 2 is 1.68 bits per heavy atom. The fourth-order valence-electron chi connectivity index (χ4n) is 2.55. The van der Waals surface area contributed by atoms with E-state index in [0.717, 1.165) is 22.0 Å². The topological polar surface area (TPSA) is 57.7 Å². The van der Waals surface area contributed by atoms with Crippen molar-refractivity contribution >= 4 is 39.1 Å². The molecule has 0 radical (unpaired) electrons. The molecule has 2 rings (SSSR count). The number of carbonyl (C=O) groups is 1. The number of rotatable bonds is 7. The number of nitrogens with zero attached hydrogens (tertiary/aromatic N) is 2. The van der Waals surface area contributed by atoms with Crippen LogP contribution < -0.4 is 0 Å². The van der Waals surface area contributed by atoms with E-state index in [1.54, 1.807) is 23.1 Å². The molecule has 0 spiro atoms. The van der Waals surface area contributed by atoms with Crippen molar-refractivity contribution < 1.29 is 17.6 Å². The van der Waals surface area contributed by atoms with Crippen molar-refractivity contribution in [1.82, 2.24) is 9.21 Å². The van der Waals surface area contributed by atoms with Crippen LogP contribution in [0.15, 0.2) is 47.4 Å². The normalized spacial score (nSPS) is 11.9. The van der Waals surface area contributed by atoms with Gasteiger partial charge in [-0.2, -0.15) is 4.31 Å². The Kier molecular flexibility index (Phi) is 7.45. The van der Waals surface area contributed by atoms with E-state index >= 15 is 0 Å². The van der Waals surface area contributed by atoms with Gasteiger partial charge in [-0.05, 0) is 55.8 Å². The molecule has 0 fully saturated rings. The zero-order valence-electron chi connectivity index (χ0n) is 15.7. The minimum absolute atomic E-state index is 0.0789. The summed E-state index contributed by atoms with van der Waals surface area (Å²) in [6.07, 6.45) is 0. The van der Waals surface area contributed by atoms with Gasteiger partial charge in [0.15, 0.2) is 0 Å². The molecular weight excluding hydrogens is 426 g/mol. The molecule has 0 aliphatic heterocycles. The van der Waals surface area contributed by atoms with E-state index in [9.17, 15) is 17.6 Å². The summed E-state index contributed by atoms with van der Waals surface area (Å²) in [6, 6.07) is 9.38. The molecule has 1 amide bonds. The number of carbonyl (C=O) groups excluding carboxylic acids is 1. The van der Waals surface area contributed by atoms with Crippen LogP contribution in [0.25, 0.3) is 0 Å². The Morgan fingerprint density at radius 1 is 1.07 bits per heavy atom. The molecule has 0 atom stereocenters. The van der Waals surface area contributed by atoms with Crippen LogP contribution in [-0.4, -0.2) is 43.2 Å². The lowest BCUT2D eigenvalue weighted by Crippen LogP contribution is -2.43. The molecular formula is C19H21Cl2FN2O3S. The van der Waals surface area contributed by atoms with Crippen molar-refractivity contribution in [2.75, 3.05) is 13.6 Å². The van der Waals surface area contributed by atoms with Crippen LogP contribution in [0.1, 0.15) is 19.4 Å². The summed E-state index contributed by atoms with van der Waals surface area (Å²) in [5, 5.41) is 0.796. The van der Waals surface area contributed by atoms with Gasteiger partial charge in [0.1, 0.15) is 5.82 Å². The van der Waals surface area contributed by atoms with Crippen molar-refractivity contribution in [2.45, 2.75) is 31.3 Å². The molecule has 2 aromatic rings. The first-order chi connectivity index (χ1) is 13.0. The molecule has 0 unspecified atom stereocenters. The first-order valence-electron chi connectivity index (χ1n) is 8.47. The van der Waals surface area contributed by atoms with E-state index in [0.29, 0.717) is 10.0 Å². The highest BCUT2D eigenvalue weighted by atomic mass is 35.5. The lowest BCUT2D eigenvalue weighted by atomic mass is 10.2. The van der Waals surface area contributed by atoms with E-state index in [4.69, 9.17) is 23.2 Å². The summed E-state index contributed by atoms with van der Waals surface area (Å²) >= 11 is 11.9. The number of benzene rings is 2. The summed E-state index contributed by atoms with van der Waals surface area (Å²) in [5.74, 6) is -0.903. The zero-order valence-corrected chi connectivity index (χ0v) is 18.0. The highest BCUT2D eigenvalue weighted by Crippen LogP contribution is 2.24. The minimum atomic E-state index is -3.91. The Labute approximate surface area is 174 Å². The fourth-order valence-corrected chi connectivity index (χ4v) is 3.99. The van der Waals surface area contributed by atoms with Gasteiger partial charge in [-0.1, -0.05) is 29.3 Å². The van der Waals surface area contributed by atoms with Gasteiger partial charge in [-0.15, -0.1) is 0 Å². The Morgan fingerprint density at radius 3 is 2.21 bits per heavy atom. The Balaban J connectivity index is 2.16. The largest absolute Gasteiger partial charge is 0.335 e. The maximum Gasteiger partial charge on any atom is 0.243 e. The molecule has 2 aromatic carbocycles.